The van der Waals surface area contributed by atoms with Gasteiger partial charge in [0.15, 0.2) is 0 Å². The Morgan fingerprint density at radius 2 is 1.90 bits per heavy atom. The number of hydrogen-bond donors (Lipinski definition) is 2. The molecule has 2 aromatic rings. The van der Waals surface area contributed by atoms with Gasteiger partial charge in [-0.15, -0.1) is 0 Å². The second-order valence-corrected chi connectivity index (χ2v) is 6.63. The van der Waals surface area contributed by atoms with Gasteiger partial charge in [-0.05, 0) is 35.9 Å². The summed E-state index contributed by atoms with van der Waals surface area (Å²) in [4.78, 5) is 11.8. The van der Waals surface area contributed by atoms with E-state index >= 15 is 0 Å². The summed E-state index contributed by atoms with van der Waals surface area (Å²) in [5.41, 5.74) is 1.17. The number of carbonyl (C=O) groups excluding carboxylic acids is 1. The molecule has 0 radical (unpaired) electrons. The molecule has 0 saturated heterocycles. The van der Waals surface area contributed by atoms with E-state index in [2.05, 4.69) is 0 Å². The maximum atomic E-state index is 11.8. The summed E-state index contributed by atoms with van der Waals surface area (Å²) >= 11 is 5.89. The van der Waals surface area contributed by atoms with Gasteiger partial charge in [0, 0.05) is 16.1 Å². The molecule has 0 aliphatic rings. The van der Waals surface area contributed by atoms with Crippen molar-refractivity contribution in [2.24, 2.45) is 0 Å². The Bertz CT molecular complexity index is 802. The van der Waals surface area contributed by atoms with Crippen LogP contribution in [0, 0.1) is 0 Å². The van der Waals surface area contributed by atoms with Crippen LogP contribution in [0.1, 0.15) is 10.4 Å². The molecule has 0 bridgehead atoms. The monoisotopic (exact) mass is 325 g/mol. The van der Waals surface area contributed by atoms with Crippen LogP contribution < -0.4 is 4.72 Å². The largest absolute Gasteiger partial charge is 0.507 e. The predicted octanol–water partition coefficient (Wildman–Crippen LogP) is 2.40. The average molecular weight is 326 g/mol. The van der Waals surface area contributed by atoms with Crippen molar-refractivity contribution in [3.05, 3.63) is 53.1 Å². The maximum absolute atomic E-state index is 11.8. The Balaban J connectivity index is 2.42. The van der Waals surface area contributed by atoms with Crippen molar-refractivity contribution in [3.8, 4) is 16.9 Å². The highest BCUT2D eigenvalue weighted by molar-refractivity contribution is 7.89. The van der Waals surface area contributed by atoms with Crippen molar-refractivity contribution in [2.45, 2.75) is 0 Å². The smallest absolute Gasteiger partial charge is 0.264 e. The molecule has 2 aromatic carbocycles. The molecule has 110 valence electrons. The summed E-state index contributed by atoms with van der Waals surface area (Å²) in [7, 11) is -3.63. The summed E-state index contributed by atoms with van der Waals surface area (Å²) < 4.78 is 24.0. The zero-order chi connectivity index (χ0) is 15.6. The minimum absolute atomic E-state index is 0.0140. The third kappa shape index (κ3) is 3.96. The van der Waals surface area contributed by atoms with E-state index in [1.807, 2.05) is 4.72 Å². The first-order valence-corrected chi connectivity index (χ1v) is 8.14. The minimum atomic E-state index is -3.63. The van der Waals surface area contributed by atoms with Crippen LogP contribution in [0.15, 0.2) is 42.5 Å². The van der Waals surface area contributed by atoms with Crippen LogP contribution in [0.3, 0.4) is 0 Å². The third-order valence-electron chi connectivity index (χ3n) is 2.67. The summed E-state index contributed by atoms with van der Waals surface area (Å²) in [5, 5.41) is 10.3. The second kappa shape index (κ2) is 5.75. The molecule has 0 aliphatic heterocycles. The first kappa shape index (κ1) is 15.3. The third-order valence-corrected chi connectivity index (χ3v) is 3.46. The number of sulfonamides is 1. The molecule has 7 heteroatoms. The molecule has 0 spiro atoms. The Morgan fingerprint density at radius 3 is 2.57 bits per heavy atom. The second-order valence-electron chi connectivity index (χ2n) is 4.45. The number of rotatable bonds is 3. The fourth-order valence-electron chi connectivity index (χ4n) is 1.79. The van der Waals surface area contributed by atoms with Gasteiger partial charge in [0.1, 0.15) is 5.75 Å². The topological polar surface area (TPSA) is 83.5 Å². The van der Waals surface area contributed by atoms with Gasteiger partial charge in [0.2, 0.25) is 10.0 Å². The van der Waals surface area contributed by atoms with Crippen LogP contribution in [-0.4, -0.2) is 25.7 Å². The lowest BCUT2D eigenvalue weighted by atomic mass is 10.0. The molecule has 0 fully saturated rings. The summed E-state index contributed by atoms with van der Waals surface area (Å²) in [6.07, 6.45) is 0.900. The van der Waals surface area contributed by atoms with E-state index in [-0.39, 0.29) is 11.3 Å². The number of hydrogen-bond acceptors (Lipinski definition) is 4. The number of aromatic hydroxyl groups is 1. The van der Waals surface area contributed by atoms with Gasteiger partial charge in [-0.2, -0.15) is 0 Å². The molecule has 0 heterocycles. The molecule has 0 aliphatic carbocycles. The van der Waals surface area contributed by atoms with Crippen molar-refractivity contribution in [3.63, 3.8) is 0 Å². The fourth-order valence-corrected chi connectivity index (χ4v) is 2.42. The first-order chi connectivity index (χ1) is 9.76. The molecule has 5 nitrogen and oxygen atoms in total. The molecular weight excluding hydrogens is 314 g/mol. The van der Waals surface area contributed by atoms with Crippen molar-refractivity contribution in [2.75, 3.05) is 6.26 Å². The van der Waals surface area contributed by atoms with Crippen LogP contribution >= 0.6 is 11.6 Å². The highest BCUT2D eigenvalue weighted by atomic mass is 35.5. The molecule has 0 atom stereocenters. The van der Waals surface area contributed by atoms with Gasteiger partial charge in [0.05, 0.1) is 6.26 Å². The van der Waals surface area contributed by atoms with E-state index in [1.165, 1.54) is 18.2 Å². The van der Waals surface area contributed by atoms with E-state index in [9.17, 15) is 18.3 Å². The molecular formula is C14H12ClNO4S. The molecule has 0 aromatic heterocycles. The lowest BCUT2D eigenvalue weighted by Crippen LogP contribution is -2.29. The Morgan fingerprint density at radius 1 is 1.19 bits per heavy atom. The molecule has 0 saturated carbocycles. The Hall–Kier alpha value is -2.05. The quantitative estimate of drug-likeness (QED) is 0.907. The number of amides is 1. The lowest BCUT2D eigenvalue weighted by molar-refractivity contribution is 0.0981. The van der Waals surface area contributed by atoms with Gasteiger partial charge in [-0.3, -0.25) is 4.79 Å². The van der Waals surface area contributed by atoms with E-state index in [4.69, 9.17) is 11.6 Å². The average Bonchev–Trinajstić information content (AvgIpc) is 2.40. The summed E-state index contributed by atoms with van der Waals surface area (Å²) in [6.45, 7) is 0. The van der Waals surface area contributed by atoms with Gasteiger partial charge in [0.25, 0.3) is 5.91 Å². The van der Waals surface area contributed by atoms with Gasteiger partial charge >= 0.3 is 0 Å². The normalized spacial score (nSPS) is 11.1. The van der Waals surface area contributed by atoms with Gasteiger partial charge < -0.3 is 5.11 Å². The molecule has 2 rings (SSSR count). The standard InChI is InChI=1S/C14H12ClNO4S/c1-21(19,20)16-14(18)10-4-2-3-9(7-10)12-8-11(15)5-6-13(12)17/h2-8,17H,1H3,(H,16,18). The van der Waals surface area contributed by atoms with Crippen molar-refractivity contribution in [1.82, 2.24) is 4.72 Å². The van der Waals surface area contributed by atoms with Crippen LogP contribution in [0.5, 0.6) is 5.75 Å². The Kier molecular flexibility index (Phi) is 4.20. The number of benzene rings is 2. The molecule has 21 heavy (non-hydrogen) atoms. The highest BCUT2D eigenvalue weighted by Crippen LogP contribution is 2.32. The zero-order valence-electron chi connectivity index (χ0n) is 11.0. The molecule has 2 N–H and O–H groups in total. The van der Waals surface area contributed by atoms with Crippen LogP contribution in [0.2, 0.25) is 5.02 Å². The van der Waals surface area contributed by atoms with E-state index in [1.54, 1.807) is 24.3 Å². The van der Waals surface area contributed by atoms with Crippen molar-refractivity contribution < 1.29 is 18.3 Å². The van der Waals surface area contributed by atoms with Crippen LogP contribution in [0.25, 0.3) is 11.1 Å². The van der Waals surface area contributed by atoms with E-state index in [0.29, 0.717) is 16.1 Å². The van der Waals surface area contributed by atoms with Gasteiger partial charge in [-0.25, -0.2) is 13.1 Å². The number of phenolic OH excluding ortho intramolecular Hbond substituents is 1. The zero-order valence-corrected chi connectivity index (χ0v) is 12.6. The molecule has 0 unspecified atom stereocenters. The summed E-state index contributed by atoms with van der Waals surface area (Å²) in [5.74, 6) is -0.721. The van der Waals surface area contributed by atoms with Crippen molar-refractivity contribution in [1.29, 1.82) is 0 Å². The van der Waals surface area contributed by atoms with Crippen molar-refractivity contribution >= 4 is 27.5 Å². The maximum Gasteiger partial charge on any atom is 0.264 e. The summed E-state index contributed by atoms with van der Waals surface area (Å²) in [6, 6.07) is 10.8. The SMILES string of the molecule is CS(=O)(=O)NC(=O)c1cccc(-c2cc(Cl)ccc2O)c1. The number of nitrogens with one attached hydrogen (secondary N) is 1. The van der Waals surface area contributed by atoms with Gasteiger partial charge in [-0.1, -0.05) is 23.7 Å². The number of carbonyl (C=O) groups is 1. The predicted molar refractivity (Wildman–Crippen MR) is 80.9 cm³/mol. The lowest BCUT2D eigenvalue weighted by Gasteiger charge is -2.08. The van der Waals surface area contributed by atoms with Crippen LogP contribution in [-0.2, 0) is 10.0 Å². The van der Waals surface area contributed by atoms with Crippen LogP contribution in [0.4, 0.5) is 0 Å². The highest BCUT2D eigenvalue weighted by Gasteiger charge is 2.13. The fraction of sp³-hybridized carbons (Fsp3) is 0.0714. The molecule has 1 amide bonds. The first-order valence-electron chi connectivity index (χ1n) is 5.87. The number of halogens is 1. The number of phenols is 1. The van der Waals surface area contributed by atoms with E-state index < -0.39 is 15.9 Å². The minimum Gasteiger partial charge on any atom is -0.507 e. The van der Waals surface area contributed by atoms with E-state index in [0.717, 1.165) is 6.26 Å². The Labute approximate surface area is 127 Å².